The van der Waals surface area contributed by atoms with Crippen LogP contribution in [0.25, 0.3) is 22.3 Å². The van der Waals surface area contributed by atoms with Crippen molar-refractivity contribution < 1.29 is 0 Å². The van der Waals surface area contributed by atoms with Crippen molar-refractivity contribution in [3.63, 3.8) is 0 Å². The van der Waals surface area contributed by atoms with E-state index in [1.54, 1.807) is 77.9 Å². The van der Waals surface area contributed by atoms with Gasteiger partial charge in [-0.3, -0.25) is 0 Å². The molecule has 148 heavy (non-hydrogen) atoms. The zero-order valence-corrected chi connectivity index (χ0v) is 96.7. The summed E-state index contributed by atoms with van der Waals surface area (Å²) < 4.78 is 0. The molecule has 8 aliphatic carbocycles. The van der Waals surface area contributed by atoms with Crippen LogP contribution < -0.4 is 20.4 Å². The Morgan fingerprint density at radius 2 is 0.547 bits per heavy atom. The SMILES string of the molecule is CC.CC.CC.CC.CC.CC.CC.CC1CCc2cc(-c3ccccc3)ccc21.CC1CCc2cc(N3CCN(C)CC3)ccc21.CC1CCc2cc(Nc3ccccc3)ccc21.CC1CCc2ccc(-c3ccccc3)cc21.CC1CCc2ccc(Cc3ccccc3)cc21.CC1CCc2ccc(N3CCNCC3)cc21.CC1CCc2ccccc21.CC1CCc2ccccc21.CCc1ccccc1.Cc1ccccc1. The van der Waals surface area contributed by atoms with Gasteiger partial charge in [-0.25, -0.2) is 0 Å². The highest BCUT2D eigenvalue weighted by Crippen LogP contribution is 2.42. The van der Waals surface area contributed by atoms with Gasteiger partial charge in [0.25, 0.3) is 0 Å². The number of fused-ring (bicyclic) bond motifs is 8. The van der Waals surface area contributed by atoms with Crippen molar-refractivity contribution in [2.24, 2.45) is 0 Å². The second-order valence-corrected chi connectivity index (χ2v) is 39.9. The molecule has 2 heterocycles. The molecule has 14 aromatic carbocycles. The van der Waals surface area contributed by atoms with E-state index in [4.69, 9.17) is 0 Å². The Kier molecular flexibility index (Phi) is 56.0. The van der Waals surface area contributed by atoms with Crippen LogP contribution in [-0.4, -0.2) is 64.3 Å². The Morgan fingerprint density at radius 1 is 0.236 bits per heavy atom. The predicted octanol–water partition coefficient (Wildman–Crippen LogP) is 39.1. The highest BCUT2D eigenvalue weighted by molar-refractivity contribution is 5.68. The zero-order valence-electron chi connectivity index (χ0n) is 96.7. The number of nitrogens with one attached hydrogen (secondary N) is 2. The van der Waals surface area contributed by atoms with E-state index in [0.29, 0.717) is 0 Å². The van der Waals surface area contributed by atoms with Crippen molar-refractivity contribution in [2.75, 3.05) is 74.5 Å². The van der Waals surface area contributed by atoms with E-state index < -0.39 is 0 Å². The fourth-order valence-corrected chi connectivity index (χ4v) is 21.4. The molecule has 790 valence electrons. The summed E-state index contributed by atoms with van der Waals surface area (Å²) in [7, 11) is 2.21. The standard InChI is InChI=1S/C17H18.C16H17N.2C16H16.C15H22N2.C14H20N2.2C10H12.C8H10.C7H8.7C2H6/c1-13-7-9-16-10-8-15(12-17(13)16)11-14-5-3-2-4-6-14;1-12-7-8-13-11-15(9-10-16(12)13)17-14-5-3-2-4-6-14;1-12-7-8-15-11-14(9-10-16(12)15)13-5-3-2-4-6-13;1-12-7-8-14-9-10-15(11-16(12)14)13-5-3-2-4-6-13;1-12-3-4-13-11-14(5-6-15(12)13)17-9-7-16(2)8-10-17;1-11-2-3-12-4-5-13(10-14(11)12)16-8-6-15-7-9-16;2*1-8-6-7-9-4-2-3-5-10(8)9;1-2-8-6-4-3-5-7-8;1-7-5-3-2-4-6-7;7*1-2/h2-6,8,10,12-13H,7,9,11H2,1H3;2-6,9-12,17H,7-8H2,1H3;2*2-6,9-12H,7-8H2,1H3;5-6,11-12H,3-4,7-10H2,1-2H3;4-5,10-11,15H,2-3,6-9H2,1H3;2*2-5,8H,6-7H2,1H3;3-7H,2H2,1H3;2-6H,1H3;7*1-2H3. The van der Waals surface area contributed by atoms with Crippen LogP contribution in [-0.2, 0) is 64.2 Å². The maximum absolute atomic E-state index is 3.45. The fraction of sp³-hybridized carbons (Fsp3) is 0.413. The van der Waals surface area contributed by atoms with Gasteiger partial charge in [0.15, 0.2) is 0 Å². The van der Waals surface area contributed by atoms with Crippen LogP contribution in [0.1, 0.15) is 369 Å². The van der Waals surface area contributed by atoms with Crippen molar-refractivity contribution >= 4 is 22.7 Å². The molecule has 0 radical (unpaired) electrons. The van der Waals surface area contributed by atoms with Gasteiger partial charge in [0.1, 0.15) is 0 Å². The normalized spacial score (nSPS) is 17.9. The molecule has 0 spiro atoms. The van der Waals surface area contributed by atoms with Gasteiger partial charge in [-0.2, -0.15) is 0 Å². The monoisotopic (exact) mass is 1980 g/mol. The first kappa shape index (κ1) is 122. The molecule has 5 nitrogen and oxygen atoms in total. The van der Waals surface area contributed by atoms with Gasteiger partial charge in [-0.1, -0.05) is 456 Å². The van der Waals surface area contributed by atoms with Crippen LogP contribution >= 0.6 is 0 Å². The molecule has 2 aliphatic heterocycles. The summed E-state index contributed by atoms with van der Waals surface area (Å²) in [6.45, 7) is 60.1. The first-order valence-electron chi connectivity index (χ1n) is 58.3. The lowest BCUT2D eigenvalue weighted by Crippen LogP contribution is -2.44. The topological polar surface area (TPSA) is 33.8 Å². The third kappa shape index (κ3) is 37.5. The first-order chi connectivity index (χ1) is 72.5. The molecule has 5 heteroatoms. The molecule has 8 unspecified atom stereocenters. The number of aryl methyl sites for hydroxylation is 10. The number of hydrogen-bond donors (Lipinski definition) is 2. The summed E-state index contributed by atoms with van der Waals surface area (Å²) in [5, 5.41) is 6.85. The highest BCUT2D eigenvalue weighted by atomic mass is 15.2. The van der Waals surface area contributed by atoms with E-state index in [9.17, 15) is 0 Å². The Labute approximate surface area is 903 Å². The largest absolute Gasteiger partial charge is 0.369 e. The number of hydrogen-bond acceptors (Lipinski definition) is 5. The molecule has 0 aromatic heterocycles. The summed E-state index contributed by atoms with van der Waals surface area (Å²) in [6.07, 6.45) is 22.9. The Bertz CT molecular complexity index is 5880. The number of rotatable bonds is 9. The molecule has 24 rings (SSSR count). The molecule has 10 aliphatic rings. The smallest absolute Gasteiger partial charge is 0.0387 e. The molecular formula is C143H193N5. The minimum Gasteiger partial charge on any atom is -0.369 e. The Morgan fingerprint density at radius 3 is 0.980 bits per heavy atom. The minimum atomic E-state index is 0.732. The van der Waals surface area contributed by atoms with Crippen molar-refractivity contribution in [3.8, 4) is 22.3 Å². The van der Waals surface area contributed by atoms with Crippen LogP contribution in [0.3, 0.4) is 0 Å². The third-order valence-electron chi connectivity index (χ3n) is 30.1. The second-order valence-electron chi connectivity index (χ2n) is 39.9. The number of likely N-dealkylation sites (N-methyl/N-ethyl adjacent to an activating group) is 1. The lowest BCUT2D eigenvalue weighted by molar-refractivity contribution is 0.313. The summed E-state index contributed by atoms with van der Waals surface area (Å²) in [6, 6.07) is 122. The lowest BCUT2D eigenvalue weighted by atomic mass is 9.97. The molecule has 0 saturated carbocycles. The highest BCUT2D eigenvalue weighted by Gasteiger charge is 2.27. The van der Waals surface area contributed by atoms with Crippen LogP contribution in [0.4, 0.5) is 22.7 Å². The summed E-state index contributed by atoms with van der Waals surface area (Å²) in [5.74, 6) is 6.10. The second kappa shape index (κ2) is 68.2. The lowest BCUT2D eigenvalue weighted by Gasteiger charge is -2.34. The van der Waals surface area contributed by atoms with E-state index in [1.807, 2.05) is 127 Å². The van der Waals surface area contributed by atoms with Crippen molar-refractivity contribution in [3.05, 3.63) is 451 Å². The first-order valence-corrected chi connectivity index (χ1v) is 58.3. The third-order valence-corrected chi connectivity index (χ3v) is 30.1. The van der Waals surface area contributed by atoms with Gasteiger partial charge in [0, 0.05) is 75.1 Å². The average Bonchev–Trinajstić information content (AvgIpc) is 1.63. The molecule has 14 aromatic rings. The van der Waals surface area contributed by atoms with E-state index in [1.165, 1.54) is 202 Å². The van der Waals surface area contributed by atoms with Gasteiger partial charge < -0.3 is 25.3 Å². The van der Waals surface area contributed by atoms with Crippen LogP contribution in [0.2, 0.25) is 0 Å². The molecule has 2 fully saturated rings. The molecule has 2 N–H and O–H groups in total. The Balaban J connectivity index is 0.000000199. The summed E-state index contributed by atoms with van der Waals surface area (Å²) in [4.78, 5) is 7.44. The zero-order chi connectivity index (χ0) is 107. The van der Waals surface area contributed by atoms with Crippen LogP contribution in [0.5, 0.6) is 0 Å². The maximum atomic E-state index is 3.45. The molecule has 0 amide bonds. The Hall–Kier alpha value is -11.6. The van der Waals surface area contributed by atoms with E-state index in [-0.39, 0.29) is 0 Å². The molecular weight excluding hydrogens is 1790 g/mol. The number of piperazine rings is 2. The molecule has 0 bridgehead atoms. The van der Waals surface area contributed by atoms with Gasteiger partial charge in [0.05, 0.1) is 0 Å². The van der Waals surface area contributed by atoms with Crippen molar-refractivity contribution in [1.82, 2.24) is 10.2 Å². The van der Waals surface area contributed by atoms with Crippen molar-refractivity contribution in [1.29, 1.82) is 0 Å². The van der Waals surface area contributed by atoms with Gasteiger partial charge in [-0.05, 0) is 353 Å². The average molecular weight is 1980 g/mol. The van der Waals surface area contributed by atoms with Gasteiger partial charge in [0.2, 0.25) is 0 Å². The van der Waals surface area contributed by atoms with Crippen LogP contribution in [0.15, 0.2) is 340 Å². The molecule has 2 saturated heterocycles. The van der Waals surface area contributed by atoms with E-state index in [0.717, 1.165) is 92.1 Å². The number of benzene rings is 14. The summed E-state index contributed by atoms with van der Waals surface area (Å²) >= 11 is 0. The summed E-state index contributed by atoms with van der Waals surface area (Å²) in [5.41, 5.74) is 41.2. The molecule has 8 atom stereocenters. The van der Waals surface area contributed by atoms with Gasteiger partial charge in [-0.15, -0.1) is 0 Å². The number of para-hydroxylation sites is 1. The quantitative estimate of drug-likeness (QED) is 0.151. The van der Waals surface area contributed by atoms with Gasteiger partial charge >= 0.3 is 0 Å². The number of anilines is 4. The maximum Gasteiger partial charge on any atom is 0.0387 e. The minimum absolute atomic E-state index is 0.732. The van der Waals surface area contributed by atoms with E-state index >= 15 is 0 Å². The van der Waals surface area contributed by atoms with Crippen molar-refractivity contribution in [2.45, 2.75) is 329 Å². The fourth-order valence-electron chi connectivity index (χ4n) is 21.4. The predicted molar refractivity (Wildman–Crippen MR) is 656 cm³/mol. The number of nitrogens with zero attached hydrogens (tertiary/aromatic N) is 3. The van der Waals surface area contributed by atoms with E-state index in [2.05, 4.69) is 411 Å². The van der Waals surface area contributed by atoms with Crippen LogP contribution in [0, 0.1) is 6.92 Å².